The van der Waals surface area contributed by atoms with Crippen LogP contribution in [0.25, 0.3) is 0 Å². The topological polar surface area (TPSA) is 36.9 Å². The smallest absolute Gasteiger partial charge is 0.328 e. The molecule has 0 unspecified atom stereocenters. The summed E-state index contributed by atoms with van der Waals surface area (Å²) in [6, 6.07) is 0. The molecule has 0 radical (unpaired) electrons. The second kappa shape index (κ2) is 12.8. The molecule has 0 fully saturated rings. The minimum atomic E-state index is -1.81. The van der Waals surface area contributed by atoms with Gasteiger partial charge in [0.25, 0.3) is 0 Å². The standard InChI is InChI=1S/C15H36O4Si2/c1-7-11-16-20(17-12-8-2)15(5,6)21(18-13-9-3)19-14-10-4/h20-21H,7-14H2,1-6H3. The van der Waals surface area contributed by atoms with Crippen LogP contribution in [0.3, 0.4) is 0 Å². The van der Waals surface area contributed by atoms with E-state index in [0.717, 1.165) is 52.1 Å². The highest BCUT2D eigenvalue weighted by atomic mass is 28.4. The molecule has 4 nitrogen and oxygen atoms in total. The molecular weight excluding hydrogens is 300 g/mol. The molecule has 0 aromatic rings. The SMILES string of the molecule is CCCO[SiH](OCCC)C(C)(C)[SiH](OCCC)OCCC. The molecule has 0 atom stereocenters. The Hall–Kier alpha value is 0.274. The van der Waals surface area contributed by atoms with Crippen molar-refractivity contribution in [2.45, 2.75) is 71.9 Å². The molecule has 0 amide bonds. The number of hydrogen-bond acceptors (Lipinski definition) is 4. The maximum absolute atomic E-state index is 6.09. The van der Waals surface area contributed by atoms with Gasteiger partial charge in [-0.2, -0.15) is 0 Å². The van der Waals surface area contributed by atoms with Crippen LogP contribution in [-0.4, -0.2) is 45.0 Å². The van der Waals surface area contributed by atoms with Crippen molar-refractivity contribution in [1.82, 2.24) is 0 Å². The Morgan fingerprint density at radius 1 is 0.571 bits per heavy atom. The summed E-state index contributed by atoms with van der Waals surface area (Å²) in [7, 11) is -3.62. The van der Waals surface area contributed by atoms with Crippen LogP contribution < -0.4 is 0 Å². The summed E-state index contributed by atoms with van der Waals surface area (Å²) in [5.41, 5.74) is 0. The fraction of sp³-hybridized carbons (Fsp3) is 1.00. The van der Waals surface area contributed by atoms with Crippen LogP contribution in [0.15, 0.2) is 0 Å². The first kappa shape index (κ1) is 21.3. The van der Waals surface area contributed by atoms with Gasteiger partial charge in [0.15, 0.2) is 0 Å². The Morgan fingerprint density at radius 2 is 0.810 bits per heavy atom. The van der Waals surface area contributed by atoms with Crippen LogP contribution in [0.2, 0.25) is 4.66 Å². The average molecular weight is 337 g/mol. The van der Waals surface area contributed by atoms with Gasteiger partial charge in [0.1, 0.15) is 0 Å². The summed E-state index contributed by atoms with van der Waals surface area (Å²) >= 11 is 0. The van der Waals surface area contributed by atoms with Crippen molar-refractivity contribution in [1.29, 1.82) is 0 Å². The van der Waals surface area contributed by atoms with Crippen LogP contribution in [0.4, 0.5) is 0 Å². The van der Waals surface area contributed by atoms with Crippen LogP contribution >= 0.6 is 0 Å². The molecule has 21 heavy (non-hydrogen) atoms. The van der Waals surface area contributed by atoms with Crippen molar-refractivity contribution in [3.05, 3.63) is 0 Å². The van der Waals surface area contributed by atoms with Crippen LogP contribution in [0.5, 0.6) is 0 Å². The number of rotatable bonds is 14. The lowest BCUT2D eigenvalue weighted by atomic mass is 10.5. The molecule has 0 aromatic heterocycles. The van der Waals surface area contributed by atoms with Crippen molar-refractivity contribution < 1.29 is 17.7 Å². The van der Waals surface area contributed by atoms with Gasteiger partial charge in [0.2, 0.25) is 0 Å². The fourth-order valence-corrected chi connectivity index (χ4v) is 7.72. The Kier molecular flexibility index (Phi) is 12.9. The van der Waals surface area contributed by atoms with E-state index in [1.165, 1.54) is 0 Å². The van der Waals surface area contributed by atoms with E-state index < -0.39 is 18.6 Å². The number of hydrogen-bond donors (Lipinski definition) is 0. The van der Waals surface area contributed by atoms with Crippen molar-refractivity contribution in [2.75, 3.05) is 26.4 Å². The van der Waals surface area contributed by atoms with E-state index in [1.54, 1.807) is 0 Å². The lowest BCUT2D eigenvalue weighted by Crippen LogP contribution is -2.48. The summed E-state index contributed by atoms with van der Waals surface area (Å²) in [5.74, 6) is 0. The minimum absolute atomic E-state index is 0.0747. The zero-order valence-electron chi connectivity index (χ0n) is 14.9. The zero-order chi connectivity index (χ0) is 16.1. The predicted octanol–water partition coefficient (Wildman–Crippen LogP) is 3.45. The summed E-state index contributed by atoms with van der Waals surface area (Å²) in [6.07, 6.45) is 4.08. The molecule has 0 spiro atoms. The summed E-state index contributed by atoms with van der Waals surface area (Å²) in [4.78, 5) is 0. The first-order chi connectivity index (χ1) is 10.0. The lowest BCUT2D eigenvalue weighted by molar-refractivity contribution is 0.153. The van der Waals surface area contributed by atoms with Gasteiger partial charge in [-0.1, -0.05) is 41.5 Å². The first-order valence-electron chi connectivity index (χ1n) is 8.50. The first-order valence-corrected chi connectivity index (χ1v) is 11.5. The second-order valence-corrected chi connectivity index (χ2v) is 12.3. The van der Waals surface area contributed by atoms with Crippen molar-refractivity contribution in [3.8, 4) is 0 Å². The van der Waals surface area contributed by atoms with Crippen molar-refractivity contribution >= 4 is 18.6 Å². The van der Waals surface area contributed by atoms with E-state index in [0.29, 0.717) is 0 Å². The van der Waals surface area contributed by atoms with Crippen LogP contribution in [0, 0.1) is 0 Å². The van der Waals surface area contributed by atoms with Gasteiger partial charge in [-0.3, -0.25) is 0 Å². The molecule has 0 rings (SSSR count). The fourth-order valence-electron chi connectivity index (χ4n) is 1.97. The van der Waals surface area contributed by atoms with Crippen molar-refractivity contribution in [3.63, 3.8) is 0 Å². The van der Waals surface area contributed by atoms with Gasteiger partial charge in [-0.25, -0.2) is 0 Å². The molecule has 0 aliphatic heterocycles. The minimum Gasteiger partial charge on any atom is -0.396 e. The summed E-state index contributed by atoms with van der Waals surface area (Å²) in [5, 5.41) is 0. The summed E-state index contributed by atoms with van der Waals surface area (Å²) < 4.78 is 24.3. The Balaban J connectivity index is 4.84. The molecule has 0 saturated heterocycles. The third kappa shape index (κ3) is 8.47. The largest absolute Gasteiger partial charge is 0.396 e. The molecule has 128 valence electrons. The van der Waals surface area contributed by atoms with Crippen molar-refractivity contribution in [2.24, 2.45) is 0 Å². The lowest BCUT2D eigenvalue weighted by Gasteiger charge is -2.36. The van der Waals surface area contributed by atoms with Gasteiger partial charge in [0.05, 0.1) is 0 Å². The molecule has 6 heteroatoms. The van der Waals surface area contributed by atoms with E-state index in [1.807, 2.05) is 0 Å². The van der Waals surface area contributed by atoms with Gasteiger partial charge in [-0.05, 0) is 25.7 Å². The van der Waals surface area contributed by atoms with Gasteiger partial charge in [0, 0.05) is 31.1 Å². The van der Waals surface area contributed by atoms with E-state index in [4.69, 9.17) is 17.7 Å². The molecule has 0 aliphatic rings. The van der Waals surface area contributed by atoms with E-state index in [2.05, 4.69) is 41.5 Å². The third-order valence-electron chi connectivity index (χ3n) is 3.11. The highest BCUT2D eigenvalue weighted by Crippen LogP contribution is 2.34. The maximum Gasteiger partial charge on any atom is 0.328 e. The van der Waals surface area contributed by atoms with E-state index in [9.17, 15) is 0 Å². The second-order valence-electron chi connectivity index (χ2n) is 5.97. The Morgan fingerprint density at radius 3 is 1.00 bits per heavy atom. The Labute approximate surface area is 135 Å². The zero-order valence-corrected chi connectivity index (χ0v) is 17.3. The van der Waals surface area contributed by atoms with Gasteiger partial charge < -0.3 is 17.7 Å². The van der Waals surface area contributed by atoms with E-state index in [-0.39, 0.29) is 4.66 Å². The molecule has 0 aliphatic carbocycles. The normalized spacial score (nSPS) is 12.6. The quantitative estimate of drug-likeness (QED) is 0.455. The molecule has 0 N–H and O–H groups in total. The van der Waals surface area contributed by atoms with Crippen LogP contribution in [0.1, 0.15) is 67.2 Å². The van der Waals surface area contributed by atoms with Gasteiger partial charge in [-0.15, -0.1) is 0 Å². The molecule has 0 aromatic carbocycles. The molecular formula is C15H36O4Si2. The predicted molar refractivity (Wildman–Crippen MR) is 93.3 cm³/mol. The molecule has 0 bridgehead atoms. The third-order valence-corrected chi connectivity index (χ3v) is 9.33. The highest BCUT2D eigenvalue weighted by Gasteiger charge is 2.45. The van der Waals surface area contributed by atoms with E-state index >= 15 is 0 Å². The molecule has 0 saturated carbocycles. The highest BCUT2D eigenvalue weighted by molar-refractivity contribution is 6.70. The average Bonchev–Trinajstić information content (AvgIpc) is 2.47. The Bertz CT molecular complexity index is 202. The van der Waals surface area contributed by atoms with Gasteiger partial charge >= 0.3 is 18.6 Å². The summed E-state index contributed by atoms with van der Waals surface area (Å²) in [6.45, 7) is 16.1. The molecule has 0 heterocycles. The monoisotopic (exact) mass is 336 g/mol. The van der Waals surface area contributed by atoms with Crippen LogP contribution in [-0.2, 0) is 17.7 Å². The maximum atomic E-state index is 6.09.